The molecule has 320 valence electrons. The maximum absolute atomic E-state index is 13.1. The number of hydrogen-bond donors (Lipinski definition) is 4. The van der Waals surface area contributed by atoms with E-state index >= 15 is 0 Å². The number of anilines is 1. The summed E-state index contributed by atoms with van der Waals surface area (Å²) in [4.78, 5) is 114. The fourth-order valence-electron chi connectivity index (χ4n) is 8.03. The molecule has 5 rings (SSSR count). The molecule has 16 heteroatoms. The average Bonchev–Trinajstić information content (AvgIpc) is 3.89. The van der Waals surface area contributed by atoms with Gasteiger partial charge in [0, 0.05) is 69.1 Å². The van der Waals surface area contributed by atoms with Crippen molar-refractivity contribution in [3.05, 3.63) is 42.5 Å². The molecule has 3 atom stereocenters. The molecular formula is C43H58N6O9S. The Morgan fingerprint density at radius 2 is 1.51 bits per heavy atom. The Bertz CT molecular complexity index is 1710. The van der Waals surface area contributed by atoms with E-state index in [0.29, 0.717) is 68.8 Å². The second-order valence-electron chi connectivity index (χ2n) is 15.9. The van der Waals surface area contributed by atoms with Crippen molar-refractivity contribution in [2.24, 2.45) is 11.8 Å². The van der Waals surface area contributed by atoms with Crippen molar-refractivity contribution in [1.82, 2.24) is 25.8 Å². The molecule has 0 spiro atoms. The third-order valence-corrected chi connectivity index (χ3v) is 12.9. The van der Waals surface area contributed by atoms with Gasteiger partial charge in [-0.25, -0.2) is 0 Å². The Labute approximate surface area is 350 Å². The van der Waals surface area contributed by atoms with E-state index in [1.165, 1.54) is 28.8 Å². The standard InChI is InChI=1S/C43H58N6O9S/c50-32(19-16-29-14-17-30(18-15-29)40(55)44-24-26-48-37(52)22-23-38(48)53)12-6-2-8-25-49-39(54)28-35(43(49)58)59-27-9-3-7-13-33(41(56)45-31-10-4-1-5-11-31)47-42(57)34-20-21-36(51)46-34/h1,4-5,10-11,22-23,29-30,33-35H,2-3,6-9,12-21,24-28H2,(H,44,55)(H,45,56)(H,46,51)(H,47,57)/t29?,30?,33-,34+,35?/m0/s1. The van der Waals surface area contributed by atoms with E-state index in [4.69, 9.17) is 0 Å². The Kier molecular flexibility index (Phi) is 17.7. The quantitative estimate of drug-likeness (QED) is 0.0880. The number of nitrogens with zero attached hydrogens (tertiary/aromatic N) is 2. The number of carbonyl (C=O) groups is 9. The normalized spacial score (nSPS) is 22.1. The molecule has 2 saturated heterocycles. The topological polar surface area (TPSA) is 208 Å². The van der Waals surface area contributed by atoms with Gasteiger partial charge >= 0.3 is 0 Å². The van der Waals surface area contributed by atoms with Crippen molar-refractivity contribution in [2.45, 2.75) is 126 Å². The lowest BCUT2D eigenvalue weighted by Crippen LogP contribution is -2.50. The third kappa shape index (κ3) is 14.1. The van der Waals surface area contributed by atoms with Crippen LogP contribution in [0, 0.1) is 11.8 Å². The molecule has 3 fully saturated rings. The number of hydrogen-bond acceptors (Lipinski definition) is 10. The van der Waals surface area contributed by atoms with Crippen LogP contribution in [-0.4, -0.2) is 106 Å². The van der Waals surface area contributed by atoms with E-state index in [1.807, 2.05) is 18.2 Å². The first-order valence-corrected chi connectivity index (χ1v) is 22.3. The highest BCUT2D eigenvalue weighted by atomic mass is 32.2. The Morgan fingerprint density at radius 1 is 0.780 bits per heavy atom. The summed E-state index contributed by atoms with van der Waals surface area (Å²) < 4.78 is 0. The molecule has 4 aliphatic rings. The fraction of sp³-hybridized carbons (Fsp3) is 0.605. The summed E-state index contributed by atoms with van der Waals surface area (Å²) in [5, 5.41) is 10.7. The van der Waals surface area contributed by atoms with Gasteiger partial charge in [-0.1, -0.05) is 37.5 Å². The molecule has 1 aromatic rings. The van der Waals surface area contributed by atoms with E-state index in [2.05, 4.69) is 21.3 Å². The SMILES string of the molecule is O=C(CCCCCN1C(=O)CC(SCCCCC[C@H](NC(=O)[C@H]2CCC(=O)N2)C(=O)Nc2ccccc2)C1=O)CCC1CCC(C(=O)NCCN2C(=O)C=CC2=O)CC1. The van der Waals surface area contributed by atoms with Crippen LogP contribution in [0.15, 0.2) is 42.5 Å². The highest BCUT2D eigenvalue weighted by Gasteiger charge is 2.38. The van der Waals surface area contributed by atoms with Crippen molar-refractivity contribution in [3.63, 3.8) is 0 Å². The third-order valence-electron chi connectivity index (χ3n) is 11.6. The summed E-state index contributed by atoms with van der Waals surface area (Å²) in [7, 11) is 0. The summed E-state index contributed by atoms with van der Waals surface area (Å²) in [6.07, 6.45) is 13.1. The summed E-state index contributed by atoms with van der Waals surface area (Å²) in [5.74, 6) is -0.771. The van der Waals surface area contributed by atoms with E-state index in [-0.39, 0.29) is 84.9 Å². The number of nitrogens with one attached hydrogen (secondary N) is 4. The molecule has 1 aliphatic carbocycles. The van der Waals surface area contributed by atoms with Gasteiger partial charge in [0.15, 0.2) is 0 Å². The number of thioether (sulfide) groups is 1. The lowest BCUT2D eigenvalue weighted by molar-refractivity contribution is -0.139. The number of likely N-dealkylation sites (tertiary alicyclic amines) is 1. The first-order valence-electron chi connectivity index (χ1n) is 21.2. The maximum atomic E-state index is 13.1. The highest BCUT2D eigenvalue weighted by Crippen LogP contribution is 2.32. The number of para-hydroxylation sites is 1. The smallest absolute Gasteiger partial charge is 0.253 e. The number of rotatable bonds is 24. The molecule has 0 bridgehead atoms. The molecule has 3 aliphatic heterocycles. The Hall–Kier alpha value is -4.86. The first-order chi connectivity index (χ1) is 28.5. The van der Waals surface area contributed by atoms with E-state index < -0.39 is 17.3 Å². The minimum absolute atomic E-state index is 0.0539. The van der Waals surface area contributed by atoms with Crippen LogP contribution in [0.2, 0.25) is 0 Å². The number of carbonyl (C=O) groups excluding carboxylic acids is 9. The molecule has 15 nitrogen and oxygen atoms in total. The summed E-state index contributed by atoms with van der Waals surface area (Å²) in [6.45, 7) is 0.745. The van der Waals surface area contributed by atoms with Crippen molar-refractivity contribution >= 4 is 70.5 Å². The minimum atomic E-state index is -0.770. The minimum Gasteiger partial charge on any atom is -0.354 e. The zero-order valence-electron chi connectivity index (χ0n) is 33.8. The number of unbranched alkanes of at least 4 members (excludes halogenated alkanes) is 4. The second kappa shape index (κ2) is 23.1. The number of amides is 8. The molecule has 8 amide bonds. The van der Waals surface area contributed by atoms with Gasteiger partial charge in [-0.15, -0.1) is 11.8 Å². The zero-order chi connectivity index (χ0) is 42.1. The van der Waals surface area contributed by atoms with E-state index in [0.717, 1.165) is 56.3 Å². The fourth-order valence-corrected chi connectivity index (χ4v) is 9.22. The largest absolute Gasteiger partial charge is 0.354 e. The van der Waals surface area contributed by atoms with Gasteiger partial charge < -0.3 is 21.3 Å². The van der Waals surface area contributed by atoms with Gasteiger partial charge in [0.25, 0.3) is 11.8 Å². The van der Waals surface area contributed by atoms with Crippen LogP contribution in [0.5, 0.6) is 0 Å². The van der Waals surface area contributed by atoms with Gasteiger partial charge in [0.1, 0.15) is 17.9 Å². The van der Waals surface area contributed by atoms with Crippen LogP contribution < -0.4 is 21.3 Å². The van der Waals surface area contributed by atoms with Crippen LogP contribution in [0.25, 0.3) is 0 Å². The van der Waals surface area contributed by atoms with Gasteiger partial charge in [0.05, 0.1) is 5.25 Å². The number of imide groups is 2. The monoisotopic (exact) mass is 834 g/mol. The van der Waals surface area contributed by atoms with Crippen LogP contribution >= 0.6 is 11.8 Å². The Balaban J connectivity index is 0.889. The van der Waals surface area contributed by atoms with Crippen LogP contribution in [-0.2, 0) is 43.2 Å². The van der Waals surface area contributed by atoms with Crippen molar-refractivity contribution in [3.8, 4) is 0 Å². The summed E-state index contributed by atoms with van der Waals surface area (Å²) in [5.41, 5.74) is 0.622. The van der Waals surface area contributed by atoms with Crippen molar-refractivity contribution < 1.29 is 43.2 Å². The lowest BCUT2D eigenvalue weighted by Gasteiger charge is -2.28. The molecule has 4 N–H and O–H groups in total. The molecule has 3 heterocycles. The summed E-state index contributed by atoms with van der Waals surface area (Å²) >= 11 is 1.48. The average molecular weight is 835 g/mol. The molecule has 1 saturated carbocycles. The molecule has 59 heavy (non-hydrogen) atoms. The van der Waals surface area contributed by atoms with Gasteiger partial charge in [-0.05, 0) is 88.0 Å². The maximum Gasteiger partial charge on any atom is 0.253 e. The van der Waals surface area contributed by atoms with Gasteiger partial charge in [-0.3, -0.25) is 53.0 Å². The molecular weight excluding hydrogens is 777 g/mol. The molecule has 0 aromatic heterocycles. The first kappa shape index (κ1) is 45.2. The predicted octanol–water partition coefficient (Wildman–Crippen LogP) is 3.57. The Morgan fingerprint density at radius 3 is 2.22 bits per heavy atom. The van der Waals surface area contributed by atoms with E-state index in [9.17, 15) is 43.2 Å². The summed E-state index contributed by atoms with van der Waals surface area (Å²) in [6, 6.07) is 7.58. The molecule has 1 aromatic carbocycles. The van der Waals surface area contributed by atoms with Gasteiger partial charge in [0.2, 0.25) is 35.4 Å². The van der Waals surface area contributed by atoms with E-state index in [1.54, 1.807) is 12.1 Å². The van der Waals surface area contributed by atoms with Crippen LogP contribution in [0.4, 0.5) is 5.69 Å². The van der Waals surface area contributed by atoms with Gasteiger partial charge in [-0.2, -0.15) is 0 Å². The molecule has 1 unspecified atom stereocenters. The second-order valence-corrected chi connectivity index (χ2v) is 17.2. The number of benzene rings is 1. The number of Topliss-reactive ketones (excluding diaryl/α,β-unsaturated/α-hetero) is 1. The predicted molar refractivity (Wildman–Crippen MR) is 221 cm³/mol. The van der Waals surface area contributed by atoms with Crippen molar-refractivity contribution in [2.75, 3.05) is 30.7 Å². The van der Waals surface area contributed by atoms with Crippen LogP contribution in [0.3, 0.4) is 0 Å². The zero-order valence-corrected chi connectivity index (χ0v) is 34.6. The van der Waals surface area contributed by atoms with Crippen molar-refractivity contribution in [1.29, 1.82) is 0 Å². The number of ketones is 1. The lowest BCUT2D eigenvalue weighted by atomic mass is 9.79. The van der Waals surface area contributed by atoms with Crippen LogP contribution in [0.1, 0.15) is 109 Å². The molecule has 0 radical (unpaired) electrons. The highest BCUT2D eigenvalue weighted by molar-refractivity contribution is 8.00.